The smallest absolute Gasteiger partial charge is 0.311 e. The van der Waals surface area contributed by atoms with Crippen LogP contribution in [0.5, 0.6) is 0 Å². The van der Waals surface area contributed by atoms with Gasteiger partial charge in [-0.1, -0.05) is 6.92 Å². The van der Waals surface area contributed by atoms with E-state index in [0.29, 0.717) is 6.42 Å². The molecule has 2 saturated heterocycles. The molecule has 0 aromatic rings. The van der Waals surface area contributed by atoms with Crippen molar-refractivity contribution in [2.24, 2.45) is 11.8 Å². The molecule has 162 valence electrons. The average Bonchev–Trinajstić information content (AvgIpc) is 2.88. The van der Waals surface area contributed by atoms with E-state index in [9.17, 15) is 9.59 Å². The molecule has 0 bridgehead atoms. The fourth-order valence-corrected chi connectivity index (χ4v) is 5.06. The van der Waals surface area contributed by atoms with Crippen LogP contribution in [0.25, 0.3) is 0 Å². The second-order valence-electron chi connectivity index (χ2n) is 11.1. The minimum atomic E-state index is -0.415. The molecule has 0 amide bonds. The summed E-state index contributed by atoms with van der Waals surface area (Å²) in [6.07, 6.45) is 1.65. The minimum Gasteiger partial charge on any atom is -0.461 e. The SMILES string of the molecule is CCC(COC(=O)C1CC(C)(C)NC1(C)C)OC(=O)C1CC(C)(C)NC1(C)C. The minimum absolute atomic E-state index is 0.0995. The molecule has 2 aliphatic heterocycles. The van der Waals surface area contributed by atoms with Crippen molar-refractivity contribution in [3.8, 4) is 0 Å². The van der Waals surface area contributed by atoms with Gasteiger partial charge in [-0.25, -0.2) is 0 Å². The molecular formula is C22H40N2O4. The molecule has 2 rings (SSSR count). The molecule has 0 aromatic heterocycles. The molecule has 2 heterocycles. The Kier molecular flexibility index (Phi) is 6.28. The zero-order chi connectivity index (χ0) is 21.5. The molecule has 2 aliphatic rings. The Labute approximate surface area is 170 Å². The predicted octanol–water partition coefficient (Wildman–Crippen LogP) is 3.18. The summed E-state index contributed by atoms with van der Waals surface area (Å²) in [5.41, 5.74) is -0.836. The molecule has 0 radical (unpaired) electrons. The Morgan fingerprint density at radius 3 is 1.64 bits per heavy atom. The van der Waals surface area contributed by atoms with Crippen LogP contribution in [0.2, 0.25) is 0 Å². The van der Waals surface area contributed by atoms with Gasteiger partial charge in [0.15, 0.2) is 0 Å². The van der Waals surface area contributed by atoms with Crippen LogP contribution in [-0.2, 0) is 19.1 Å². The van der Waals surface area contributed by atoms with E-state index >= 15 is 0 Å². The van der Waals surface area contributed by atoms with Gasteiger partial charge in [-0.05, 0) is 74.7 Å². The summed E-state index contributed by atoms with van der Waals surface area (Å²) >= 11 is 0. The molecule has 0 aromatic carbocycles. The molecular weight excluding hydrogens is 356 g/mol. The predicted molar refractivity (Wildman–Crippen MR) is 110 cm³/mol. The molecule has 0 spiro atoms. The van der Waals surface area contributed by atoms with Gasteiger partial charge in [0.1, 0.15) is 12.7 Å². The third-order valence-corrected chi connectivity index (χ3v) is 6.21. The molecule has 0 aliphatic carbocycles. The Morgan fingerprint density at radius 2 is 1.29 bits per heavy atom. The van der Waals surface area contributed by atoms with E-state index in [1.807, 2.05) is 34.6 Å². The zero-order valence-corrected chi connectivity index (χ0v) is 19.2. The fraction of sp³-hybridized carbons (Fsp3) is 0.909. The highest BCUT2D eigenvalue weighted by Crippen LogP contribution is 2.38. The van der Waals surface area contributed by atoms with Gasteiger partial charge >= 0.3 is 11.9 Å². The van der Waals surface area contributed by atoms with Gasteiger partial charge < -0.3 is 20.1 Å². The van der Waals surface area contributed by atoms with Crippen molar-refractivity contribution in [1.29, 1.82) is 0 Å². The molecule has 0 saturated carbocycles. The molecule has 2 N–H and O–H groups in total. The molecule has 3 unspecified atom stereocenters. The summed E-state index contributed by atoms with van der Waals surface area (Å²) in [5, 5.41) is 7.00. The van der Waals surface area contributed by atoms with E-state index in [-0.39, 0.29) is 52.5 Å². The third kappa shape index (κ3) is 5.26. The Hall–Kier alpha value is -1.14. The summed E-state index contributed by atoms with van der Waals surface area (Å²) in [4.78, 5) is 25.5. The maximum absolute atomic E-state index is 12.8. The lowest BCUT2D eigenvalue weighted by molar-refractivity contribution is -0.166. The van der Waals surface area contributed by atoms with Crippen molar-refractivity contribution in [3.63, 3.8) is 0 Å². The number of carbonyl (C=O) groups excluding carboxylic acids is 2. The third-order valence-electron chi connectivity index (χ3n) is 6.21. The topological polar surface area (TPSA) is 76.7 Å². The van der Waals surface area contributed by atoms with E-state index in [1.165, 1.54) is 0 Å². The van der Waals surface area contributed by atoms with Gasteiger partial charge in [-0.15, -0.1) is 0 Å². The van der Waals surface area contributed by atoms with Gasteiger partial charge in [-0.3, -0.25) is 9.59 Å². The average molecular weight is 397 g/mol. The van der Waals surface area contributed by atoms with E-state index in [1.54, 1.807) is 0 Å². The van der Waals surface area contributed by atoms with Gasteiger partial charge in [-0.2, -0.15) is 0 Å². The zero-order valence-electron chi connectivity index (χ0n) is 19.2. The van der Waals surface area contributed by atoms with Crippen LogP contribution in [0.1, 0.15) is 81.6 Å². The number of hydrogen-bond donors (Lipinski definition) is 2. The van der Waals surface area contributed by atoms with Crippen LogP contribution in [-0.4, -0.2) is 46.8 Å². The number of rotatable bonds is 6. The number of esters is 2. The maximum atomic E-state index is 12.8. The van der Waals surface area contributed by atoms with Crippen molar-refractivity contribution in [1.82, 2.24) is 10.6 Å². The van der Waals surface area contributed by atoms with Crippen LogP contribution >= 0.6 is 0 Å². The number of carbonyl (C=O) groups is 2. The summed E-state index contributed by atoms with van der Waals surface area (Å²) in [7, 11) is 0. The summed E-state index contributed by atoms with van der Waals surface area (Å²) in [6.45, 7) is 18.6. The largest absolute Gasteiger partial charge is 0.461 e. The first-order valence-electron chi connectivity index (χ1n) is 10.5. The number of nitrogens with one attached hydrogen (secondary N) is 2. The quantitative estimate of drug-likeness (QED) is 0.672. The molecule has 6 heteroatoms. The van der Waals surface area contributed by atoms with Crippen molar-refractivity contribution < 1.29 is 19.1 Å². The highest BCUT2D eigenvalue weighted by molar-refractivity contribution is 5.76. The van der Waals surface area contributed by atoms with Crippen molar-refractivity contribution in [3.05, 3.63) is 0 Å². The number of hydrogen-bond acceptors (Lipinski definition) is 6. The van der Waals surface area contributed by atoms with E-state index in [2.05, 4.69) is 38.3 Å². The van der Waals surface area contributed by atoms with Crippen LogP contribution in [0, 0.1) is 11.8 Å². The monoisotopic (exact) mass is 396 g/mol. The first kappa shape index (κ1) is 23.1. The molecule has 6 nitrogen and oxygen atoms in total. The lowest BCUT2D eigenvalue weighted by Crippen LogP contribution is -2.47. The summed E-state index contributed by atoms with van der Waals surface area (Å²) in [5.74, 6) is -0.864. The van der Waals surface area contributed by atoms with Crippen molar-refractivity contribution >= 4 is 11.9 Å². The van der Waals surface area contributed by atoms with Crippen molar-refractivity contribution in [2.45, 2.75) is 110 Å². The van der Waals surface area contributed by atoms with Gasteiger partial charge in [0.25, 0.3) is 0 Å². The van der Waals surface area contributed by atoms with E-state index in [4.69, 9.17) is 9.47 Å². The summed E-state index contributed by atoms with van der Waals surface area (Å²) < 4.78 is 11.3. The van der Waals surface area contributed by atoms with E-state index in [0.717, 1.165) is 12.8 Å². The second kappa shape index (κ2) is 7.60. The standard InChI is InChI=1S/C22H40N2O4/c1-10-14(28-18(26)16-12-20(4,5)24-22(16,8)9)13-27-17(25)15-11-19(2,3)23-21(15,6)7/h14-16,23-24H,10-13H2,1-9H3. The maximum Gasteiger partial charge on any atom is 0.311 e. The molecule has 3 atom stereocenters. The number of ether oxygens (including phenoxy) is 2. The highest BCUT2D eigenvalue weighted by Gasteiger charge is 2.50. The fourth-order valence-electron chi connectivity index (χ4n) is 5.06. The second-order valence-corrected chi connectivity index (χ2v) is 11.1. The Balaban J connectivity index is 1.93. The Bertz CT molecular complexity index is 610. The Morgan fingerprint density at radius 1 is 0.857 bits per heavy atom. The lowest BCUT2D eigenvalue weighted by Gasteiger charge is -2.29. The van der Waals surface area contributed by atoms with Gasteiger partial charge in [0.2, 0.25) is 0 Å². The molecule has 28 heavy (non-hydrogen) atoms. The van der Waals surface area contributed by atoms with Crippen LogP contribution in [0.4, 0.5) is 0 Å². The normalized spacial score (nSPS) is 30.6. The van der Waals surface area contributed by atoms with Gasteiger partial charge in [0.05, 0.1) is 11.8 Å². The van der Waals surface area contributed by atoms with Gasteiger partial charge in [0, 0.05) is 22.2 Å². The highest BCUT2D eigenvalue weighted by atomic mass is 16.6. The first-order valence-corrected chi connectivity index (χ1v) is 10.5. The van der Waals surface area contributed by atoms with Crippen LogP contribution in [0.3, 0.4) is 0 Å². The molecule has 2 fully saturated rings. The first-order chi connectivity index (χ1) is 12.6. The lowest BCUT2D eigenvalue weighted by atomic mass is 9.87. The van der Waals surface area contributed by atoms with Crippen LogP contribution in [0.15, 0.2) is 0 Å². The van der Waals surface area contributed by atoms with E-state index < -0.39 is 6.10 Å². The van der Waals surface area contributed by atoms with Crippen LogP contribution < -0.4 is 10.6 Å². The van der Waals surface area contributed by atoms with Crippen molar-refractivity contribution in [2.75, 3.05) is 6.61 Å². The summed E-state index contributed by atoms with van der Waals surface area (Å²) in [6, 6.07) is 0.